The number of aliphatic hydroxyl groups excluding tert-OH is 1. The number of benzene rings is 1. The summed E-state index contributed by atoms with van der Waals surface area (Å²) in [5.74, 6) is 0.427. The summed E-state index contributed by atoms with van der Waals surface area (Å²) in [7, 11) is 0. The van der Waals surface area contributed by atoms with Gasteiger partial charge in [0.05, 0.1) is 6.26 Å². The molecule has 0 fully saturated rings. The molecule has 1 aromatic heterocycles. The van der Waals surface area contributed by atoms with E-state index in [4.69, 9.17) is 10.2 Å². The molecule has 96 valence electrons. The Hall–Kier alpha value is -1.10. The third-order valence-corrected chi connectivity index (χ3v) is 3.63. The van der Waals surface area contributed by atoms with E-state index >= 15 is 0 Å². The molecule has 18 heavy (non-hydrogen) atoms. The Bertz CT molecular complexity index is 507. The van der Waals surface area contributed by atoms with Gasteiger partial charge in [0.15, 0.2) is 0 Å². The number of nitrogens with two attached hydrogens (primary N) is 1. The smallest absolute Gasteiger partial charge is 0.135 e. The lowest BCUT2D eigenvalue weighted by Gasteiger charge is -2.21. The molecule has 3 N–H and O–H groups in total. The van der Waals surface area contributed by atoms with Gasteiger partial charge in [0.2, 0.25) is 0 Å². The van der Waals surface area contributed by atoms with Crippen LogP contribution in [0.3, 0.4) is 0 Å². The summed E-state index contributed by atoms with van der Waals surface area (Å²) in [4.78, 5) is 0. The quantitative estimate of drug-likeness (QED) is 0.912. The van der Waals surface area contributed by atoms with Crippen molar-refractivity contribution in [2.75, 3.05) is 6.54 Å². The molecule has 3 nitrogen and oxygen atoms in total. The van der Waals surface area contributed by atoms with Crippen LogP contribution in [0.4, 0.5) is 0 Å². The highest BCUT2D eigenvalue weighted by molar-refractivity contribution is 9.10. The van der Waals surface area contributed by atoms with Crippen molar-refractivity contribution in [2.45, 2.75) is 18.9 Å². The second-order valence-electron chi connectivity index (χ2n) is 4.31. The van der Waals surface area contributed by atoms with E-state index < -0.39 is 6.10 Å². The van der Waals surface area contributed by atoms with Crippen LogP contribution >= 0.6 is 15.9 Å². The van der Waals surface area contributed by atoms with E-state index in [2.05, 4.69) is 15.9 Å². The Kier molecular flexibility index (Phi) is 4.22. The first-order chi connectivity index (χ1) is 8.63. The number of halogens is 1. The zero-order valence-corrected chi connectivity index (χ0v) is 11.7. The van der Waals surface area contributed by atoms with Crippen molar-refractivity contribution in [3.63, 3.8) is 0 Å². The molecule has 0 aliphatic rings. The summed E-state index contributed by atoms with van der Waals surface area (Å²) in [6.07, 6.45) is 0.870. The molecule has 0 aliphatic carbocycles. The van der Waals surface area contributed by atoms with E-state index in [9.17, 15) is 5.11 Å². The Morgan fingerprint density at radius 2 is 1.94 bits per heavy atom. The number of aryl methyl sites for hydroxylation is 1. The average molecular weight is 310 g/mol. The molecule has 0 bridgehead atoms. The Balaban J connectivity index is 2.28. The molecule has 1 aromatic carbocycles. The number of furan rings is 1. The molecule has 2 rings (SSSR count). The third-order valence-electron chi connectivity index (χ3n) is 3.10. The van der Waals surface area contributed by atoms with Gasteiger partial charge in [-0.05, 0) is 36.2 Å². The highest BCUT2D eigenvalue weighted by Gasteiger charge is 2.25. The maximum absolute atomic E-state index is 10.4. The molecule has 2 aromatic rings. The molecule has 0 radical (unpaired) electrons. The third kappa shape index (κ3) is 2.66. The molecule has 0 saturated heterocycles. The van der Waals surface area contributed by atoms with Gasteiger partial charge in [0.25, 0.3) is 0 Å². The molecular weight excluding hydrogens is 294 g/mol. The van der Waals surface area contributed by atoms with E-state index in [1.165, 1.54) is 0 Å². The van der Waals surface area contributed by atoms with Crippen molar-refractivity contribution < 1.29 is 9.52 Å². The van der Waals surface area contributed by atoms with Gasteiger partial charge in [-0.3, -0.25) is 0 Å². The van der Waals surface area contributed by atoms with Crippen molar-refractivity contribution in [3.8, 4) is 0 Å². The molecule has 0 saturated carbocycles. The number of rotatable bonds is 4. The van der Waals surface area contributed by atoms with Gasteiger partial charge in [-0.25, -0.2) is 0 Å². The maximum atomic E-state index is 10.4. The SMILES string of the molecule is Cc1ccoc1C(O)C(CN)c1ccc(Br)cc1. The van der Waals surface area contributed by atoms with Crippen LogP contribution in [0.5, 0.6) is 0 Å². The zero-order valence-electron chi connectivity index (χ0n) is 10.1. The molecule has 2 unspecified atom stereocenters. The summed E-state index contributed by atoms with van der Waals surface area (Å²) in [5, 5.41) is 10.4. The number of aliphatic hydroxyl groups is 1. The largest absolute Gasteiger partial charge is 0.466 e. The van der Waals surface area contributed by atoms with Crippen LogP contribution in [0.1, 0.15) is 28.9 Å². The molecular formula is C14H16BrNO2. The van der Waals surface area contributed by atoms with Crippen molar-refractivity contribution >= 4 is 15.9 Å². The van der Waals surface area contributed by atoms with Crippen molar-refractivity contribution in [3.05, 3.63) is 58.0 Å². The van der Waals surface area contributed by atoms with Gasteiger partial charge in [-0.1, -0.05) is 28.1 Å². The van der Waals surface area contributed by atoms with E-state index in [0.717, 1.165) is 15.6 Å². The first kappa shape index (κ1) is 13.3. The molecule has 4 heteroatoms. The topological polar surface area (TPSA) is 59.4 Å². The van der Waals surface area contributed by atoms with Gasteiger partial charge in [-0.15, -0.1) is 0 Å². The van der Waals surface area contributed by atoms with Crippen LogP contribution in [0.25, 0.3) is 0 Å². The van der Waals surface area contributed by atoms with Crippen LogP contribution in [0, 0.1) is 6.92 Å². The summed E-state index contributed by atoms with van der Waals surface area (Å²) in [6, 6.07) is 9.65. The Morgan fingerprint density at radius 3 is 2.44 bits per heavy atom. The fraction of sp³-hybridized carbons (Fsp3) is 0.286. The van der Waals surface area contributed by atoms with E-state index in [-0.39, 0.29) is 5.92 Å². The van der Waals surface area contributed by atoms with Crippen molar-refractivity contribution in [1.82, 2.24) is 0 Å². The van der Waals surface area contributed by atoms with Gasteiger partial charge in [-0.2, -0.15) is 0 Å². The van der Waals surface area contributed by atoms with E-state index in [1.807, 2.05) is 37.3 Å². The zero-order chi connectivity index (χ0) is 13.1. The first-order valence-electron chi connectivity index (χ1n) is 5.81. The fourth-order valence-corrected chi connectivity index (χ4v) is 2.29. The minimum absolute atomic E-state index is 0.164. The second-order valence-corrected chi connectivity index (χ2v) is 5.22. The predicted molar refractivity (Wildman–Crippen MR) is 74.3 cm³/mol. The van der Waals surface area contributed by atoms with Crippen LogP contribution in [0.15, 0.2) is 45.5 Å². The predicted octanol–water partition coefficient (Wildman–Crippen LogP) is 3.13. The highest BCUT2D eigenvalue weighted by Crippen LogP contribution is 2.32. The number of hydrogen-bond donors (Lipinski definition) is 2. The summed E-state index contributed by atoms with van der Waals surface area (Å²) >= 11 is 3.39. The summed E-state index contributed by atoms with van der Waals surface area (Å²) < 4.78 is 6.34. The fourth-order valence-electron chi connectivity index (χ4n) is 2.03. The normalized spacial score (nSPS) is 14.4. The lowest BCUT2D eigenvalue weighted by atomic mass is 9.91. The second kappa shape index (κ2) is 5.69. The summed E-state index contributed by atoms with van der Waals surface area (Å²) in [6.45, 7) is 2.28. The lowest BCUT2D eigenvalue weighted by molar-refractivity contribution is 0.121. The average Bonchev–Trinajstić information content (AvgIpc) is 2.78. The molecule has 0 aliphatic heterocycles. The van der Waals surface area contributed by atoms with Crippen molar-refractivity contribution in [1.29, 1.82) is 0 Å². The minimum Gasteiger partial charge on any atom is -0.466 e. The van der Waals surface area contributed by atoms with E-state index in [0.29, 0.717) is 12.3 Å². The summed E-state index contributed by atoms with van der Waals surface area (Å²) in [5.41, 5.74) is 7.73. The molecule has 2 atom stereocenters. The molecule has 0 amide bonds. The molecule has 1 heterocycles. The van der Waals surface area contributed by atoms with Gasteiger partial charge in [0.1, 0.15) is 11.9 Å². The lowest BCUT2D eigenvalue weighted by Crippen LogP contribution is -2.20. The van der Waals surface area contributed by atoms with E-state index in [1.54, 1.807) is 6.26 Å². The van der Waals surface area contributed by atoms with Gasteiger partial charge >= 0.3 is 0 Å². The van der Waals surface area contributed by atoms with Crippen molar-refractivity contribution in [2.24, 2.45) is 5.73 Å². The van der Waals surface area contributed by atoms with Crippen LogP contribution in [-0.4, -0.2) is 11.7 Å². The van der Waals surface area contributed by atoms with Gasteiger partial charge in [0, 0.05) is 16.9 Å². The minimum atomic E-state index is -0.717. The van der Waals surface area contributed by atoms with Crippen LogP contribution in [-0.2, 0) is 0 Å². The Labute approximate surface area is 115 Å². The Morgan fingerprint density at radius 1 is 1.28 bits per heavy atom. The number of hydrogen-bond acceptors (Lipinski definition) is 3. The van der Waals surface area contributed by atoms with Gasteiger partial charge < -0.3 is 15.3 Å². The molecule has 0 spiro atoms. The van der Waals surface area contributed by atoms with Crippen LogP contribution in [0.2, 0.25) is 0 Å². The first-order valence-corrected chi connectivity index (χ1v) is 6.60. The van der Waals surface area contributed by atoms with Crippen LogP contribution < -0.4 is 5.73 Å². The highest BCUT2D eigenvalue weighted by atomic mass is 79.9. The standard InChI is InChI=1S/C14H16BrNO2/c1-9-6-7-18-14(9)13(17)12(8-16)10-2-4-11(15)5-3-10/h2-7,12-13,17H,8,16H2,1H3. The maximum Gasteiger partial charge on any atom is 0.135 e. The monoisotopic (exact) mass is 309 g/mol.